The van der Waals surface area contributed by atoms with Gasteiger partial charge >= 0.3 is 0 Å². The summed E-state index contributed by atoms with van der Waals surface area (Å²) in [6.45, 7) is 5.50. The van der Waals surface area contributed by atoms with E-state index in [1.807, 2.05) is 13.8 Å². The SMILES string of the molecule is CCC(O)(CC)C1(CO)CNC1. The normalized spacial score (nSPS) is 22.0. The van der Waals surface area contributed by atoms with Gasteiger partial charge in [-0.3, -0.25) is 0 Å². The predicted octanol–water partition coefficient (Wildman–Crippen LogP) is 0.119. The fourth-order valence-electron chi connectivity index (χ4n) is 2.01. The lowest BCUT2D eigenvalue weighted by Crippen LogP contribution is -2.67. The van der Waals surface area contributed by atoms with Crippen LogP contribution < -0.4 is 5.32 Å². The molecule has 0 aromatic carbocycles. The van der Waals surface area contributed by atoms with E-state index in [0.29, 0.717) is 12.8 Å². The first-order valence-electron chi connectivity index (χ1n) is 4.68. The second-order valence-corrected chi connectivity index (χ2v) is 3.78. The van der Waals surface area contributed by atoms with Crippen LogP contribution in [0.2, 0.25) is 0 Å². The molecule has 0 unspecified atom stereocenters. The Hall–Kier alpha value is -0.120. The number of aliphatic hydroxyl groups excluding tert-OH is 1. The van der Waals surface area contributed by atoms with Crippen molar-refractivity contribution in [3.05, 3.63) is 0 Å². The van der Waals surface area contributed by atoms with Crippen molar-refractivity contribution in [3.8, 4) is 0 Å². The highest BCUT2D eigenvalue weighted by molar-refractivity contribution is 5.05. The van der Waals surface area contributed by atoms with Crippen molar-refractivity contribution in [1.82, 2.24) is 5.32 Å². The molecule has 0 aromatic rings. The van der Waals surface area contributed by atoms with Gasteiger partial charge in [-0.15, -0.1) is 0 Å². The lowest BCUT2D eigenvalue weighted by Gasteiger charge is -2.52. The molecule has 12 heavy (non-hydrogen) atoms. The predicted molar refractivity (Wildman–Crippen MR) is 47.9 cm³/mol. The van der Waals surface area contributed by atoms with E-state index in [-0.39, 0.29) is 12.0 Å². The summed E-state index contributed by atoms with van der Waals surface area (Å²) in [5, 5.41) is 22.5. The Kier molecular flexibility index (Phi) is 2.76. The second-order valence-electron chi connectivity index (χ2n) is 3.78. The van der Waals surface area contributed by atoms with E-state index < -0.39 is 5.60 Å². The van der Waals surface area contributed by atoms with Crippen LogP contribution in [-0.4, -0.2) is 35.5 Å². The fourth-order valence-corrected chi connectivity index (χ4v) is 2.01. The molecule has 0 aliphatic carbocycles. The molecule has 3 nitrogen and oxygen atoms in total. The summed E-state index contributed by atoms with van der Waals surface area (Å²) >= 11 is 0. The standard InChI is InChI=1S/C9H19NO2/c1-3-9(12,4-2)8(7-11)5-10-6-8/h10-12H,3-7H2,1-2H3. The van der Waals surface area contributed by atoms with E-state index >= 15 is 0 Å². The Morgan fingerprint density at radius 1 is 1.33 bits per heavy atom. The van der Waals surface area contributed by atoms with Gasteiger partial charge < -0.3 is 15.5 Å². The molecule has 1 aliphatic rings. The molecule has 0 spiro atoms. The number of hydrogen-bond acceptors (Lipinski definition) is 3. The molecule has 1 aliphatic heterocycles. The molecule has 0 atom stereocenters. The monoisotopic (exact) mass is 173 g/mol. The minimum Gasteiger partial charge on any atom is -0.396 e. The Bertz CT molecular complexity index is 134. The molecule has 0 aromatic heterocycles. The summed E-state index contributed by atoms with van der Waals surface area (Å²) in [5.74, 6) is 0. The van der Waals surface area contributed by atoms with Crippen LogP contribution in [0, 0.1) is 5.41 Å². The fraction of sp³-hybridized carbons (Fsp3) is 1.00. The minimum atomic E-state index is -0.687. The molecule has 0 radical (unpaired) electrons. The molecular weight excluding hydrogens is 154 g/mol. The average molecular weight is 173 g/mol. The number of nitrogens with one attached hydrogen (secondary N) is 1. The number of aliphatic hydroxyl groups is 2. The summed E-state index contributed by atoms with van der Waals surface area (Å²) in [6.07, 6.45) is 1.43. The van der Waals surface area contributed by atoms with Crippen LogP contribution in [0.4, 0.5) is 0 Å². The van der Waals surface area contributed by atoms with Crippen molar-refractivity contribution >= 4 is 0 Å². The third-order valence-electron chi connectivity index (χ3n) is 3.39. The molecule has 1 fully saturated rings. The van der Waals surface area contributed by atoms with Crippen molar-refractivity contribution in [2.45, 2.75) is 32.3 Å². The number of rotatable bonds is 4. The maximum Gasteiger partial charge on any atom is 0.0744 e. The maximum atomic E-state index is 10.2. The van der Waals surface area contributed by atoms with Crippen molar-refractivity contribution in [2.75, 3.05) is 19.7 Å². The van der Waals surface area contributed by atoms with Crippen LogP contribution in [0.5, 0.6) is 0 Å². The van der Waals surface area contributed by atoms with Crippen molar-refractivity contribution in [1.29, 1.82) is 0 Å². The lowest BCUT2D eigenvalue weighted by molar-refractivity contribution is -0.139. The van der Waals surface area contributed by atoms with Gasteiger partial charge in [-0.2, -0.15) is 0 Å². The van der Waals surface area contributed by atoms with Crippen LogP contribution in [0.25, 0.3) is 0 Å². The third-order valence-corrected chi connectivity index (χ3v) is 3.39. The number of hydrogen-bond donors (Lipinski definition) is 3. The molecule has 0 bridgehead atoms. The molecule has 1 heterocycles. The van der Waals surface area contributed by atoms with Gasteiger partial charge in [-0.25, -0.2) is 0 Å². The van der Waals surface area contributed by atoms with Crippen LogP contribution in [-0.2, 0) is 0 Å². The zero-order chi connectivity index (χ0) is 9.24. The highest BCUT2D eigenvalue weighted by Gasteiger charge is 2.51. The highest BCUT2D eigenvalue weighted by atomic mass is 16.3. The van der Waals surface area contributed by atoms with Crippen LogP contribution in [0.3, 0.4) is 0 Å². The van der Waals surface area contributed by atoms with E-state index in [1.54, 1.807) is 0 Å². The average Bonchev–Trinajstić information content (AvgIpc) is 2.03. The topological polar surface area (TPSA) is 52.5 Å². The van der Waals surface area contributed by atoms with E-state index in [4.69, 9.17) is 0 Å². The summed E-state index contributed by atoms with van der Waals surface area (Å²) in [7, 11) is 0. The largest absolute Gasteiger partial charge is 0.396 e. The summed E-state index contributed by atoms with van der Waals surface area (Å²) < 4.78 is 0. The second kappa shape index (κ2) is 3.32. The quantitative estimate of drug-likeness (QED) is 0.566. The molecule has 1 saturated heterocycles. The van der Waals surface area contributed by atoms with E-state index in [2.05, 4.69) is 5.32 Å². The molecular formula is C9H19NO2. The zero-order valence-corrected chi connectivity index (χ0v) is 7.93. The van der Waals surface area contributed by atoms with E-state index in [1.165, 1.54) is 0 Å². The van der Waals surface area contributed by atoms with Gasteiger partial charge in [0.2, 0.25) is 0 Å². The first-order valence-corrected chi connectivity index (χ1v) is 4.68. The molecule has 3 N–H and O–H groups in total. The van der Waals surface area contributed by atoms with Gasteiger partial charge in [0.15, 0.2) is 0 Å². The van der Waals surface area contributed by atoms with E-state index in [0.717, 1.165) is 13.1 Å². The zero-order valence-electron chi connectivity index (χ0n) is 7.93. The highest BCUT2D eigenvalue weighted by Crippen LogP contribution is 2.39. The van der Waals surface area contributed by atoms with Gasteiger partial charge in [0.1, 0.15) is 0 Å². The van der Waals surface area contributed by atoms with E-state index in [9.17, 15) is 10.2 Å². The van der Waals surface area contributed by atoms with Gasteiger partial charge in [0.25, 0.3) is 0 Å². The van der Waals surface area contributed by atoms with Crippen molar-refractivity contribution < 1.29 is 10.2 Å². The minimum absolute atomic E-state index is 0.0815. The molecule has 0 saturated carbocycles. The van der Waals surface area contributed by atoms with Crippen molar-refractivity contribution in [3.63, 3.8) is 0 Å². The molecule has 3 heteroatoms. The van der Waals surface area contributed by atoms with Crippen molar-refractivity contribution in [2.24, 2.45) is 5.41 Å². The van der Waals surface area contributed by atoms with Crippen LogP contribution in [0.1, 0.15) is 26.7 Å². The smallest absolute Gasteiger partial charge is 0.0744 e. The molecule has 1 rings (SSSR count). The van der Waals surface area contributed by atoms with Gasteiger partial charge in [-0.05, 0) is 12.8 Å². The third kappa shape index (κ3) is 1.16. The Balaban J connectivity index is 2.74. The molecule has 72 valence electrons. The lowest BCUT2D eigenvalue weighted by atomic mass is 9.65. The Labute approximate surface area is 73.8 Å². The summed E-state index contributed by atoms with van der Waals surface area (Å²) in [4.78, 5) is 0. The van der Waals surface area contributed by atoms with Crippen LogP contribution in [0.15, 0.2) is 0 Å². The summed E-state index contributed by atoms with van der Waals surface area (Å²) in [6, 6.07) is 0. The molecule has 0 amide bonds. The first kappa shape index (κ1) is 9.96. The Morgan fingerprint density at radius 2 is 1.83 bits per heavy atom. The van der Waals surface area contributed by atoms with Crippen LogP contribution >= 0.6 is 0 Å². The Morgan fingerprint density at radius 3 is 1.92 bits per heavy atom. The van der Waals surface area contributed by atoms with Gasteiger partial charge in [0.05, 0.1) is 12.2 Å². The summed E-state index contributed by atoms with van der Waals surface area (Å²) in [5.41, 5.74) is -0.969. The first-order chi connectivity index (χ1) is 5.64. The van der Waals surface area contributed by atoms with Gasteiger partial charge in [0, 0.05) is 18.5 Å². The van der Waals surface area contributed by atoms with Gasteiger partial charge in [-0.1, -0.05) is 13.8 Å². The maximum absolute atomic E-state index is 10.2.